The van der Waals surface area contributed by atoms with Gasteiger partial charge < -0.3 is 21.7 Å². The zero-order valence-electron chi connectivity index (χ0n) is 15.6. The molecule has 5 N–H and O–H groups in total. The molecule has 1 aliphatic heterocycles. The molecule has 0 unspecified atom stereocenters. The monoisotopic (exact) mass is 428 g/mol. The summed E-state index contributed by atoms with van der Waals surface area (Å²) in [7, 11) is 0. The maximum Gasteiger partial charge on any atom is 0.277 e. The van der Waals surface area contributed by atoms with E-state index in [2.05, 4.69) is 20.2 Å². The molecule has 4 rings (SSSR count). The van der Waals surface area contributed by atoms with Crippen LogP contribution in [0.1, 0.15) is 23.3 Å². The zero-order valence-corrected chi connectivity index (χ0v) is 17.2. The molecule has 1 aliphatic rings. The molecule has 2 aromatic heterocycles. The molecule has 150 valence electrons. The van der Waals surface area contributed by atoms with Crippen LogP contribution in [0.5, 0.6) is 0 Å². The zero-order chi connectivity index (χ0) is 20.4. The van der Waals surface area contributed by atoms with Crippen molar-refractivity contribution in [3.8, 4) is 10.6 Å². The first-order valence-corrected chi connectivity index (χ1v) is 10.5. The number of nitrogens with one attached hydrogen (secondary N) is 1. The van der Waals surface area contributed by atoms with E-state index in [0.717, 1.165) is 37.2 Å². The Morgan fingerprint density at radius 2 is 2.14 bits per heavy atom. The summed E-state index contributed by atoms with van der Waals surface area (Å²) in [6.07, 6.45) is 5.35. The van der Waals surface area contributed by atoms with Crippen LogP contribution >= 0.6 is 22.9 Å². The van der Waals surface area contributed by atoms with Crippen molar-refractivity contribution >= 4 is 45.2 Å². The molecule has 1 amide bonds. The van der Waals surface area contributed by atoms with Gasteiger partial charge >= 0.3 is 0 Å². The highest BCUT2D eigenvalue weighted by molar-refractivity contribution is 7.19. The topological polar surface area (TPSA) is 110 Å². The Morgan fingerprint density at radius 1 is 1.31 bits per heavy atom. The van der Waals surface area contributed by atoms with Crippen molar-refractivity contribution in [2.24, 2.45) is 5.73 Å². The summed E-state index contributed by atoms with van der Waals surface area (Å²) in [5.74, 6) is -0.382. The number of pyridine rings is 1. The number of thiazole rings is 1. The number of carbonyl (C=O) groups is 1. The molecule has 3 aromatic rings. The maximum absolute atomic E-state index is 12.9. The minimum Gasteiger partial charge on any atom is -0.389 e. The van der Waals surface area contributed by atoms with E-state index in [1.165, 1.54) is 11.3 Å². The number of nitrogens with two attached hydrogens (primary N) is 2. The highest BCUT2D eigenvalue weighted by Crippen LogP contribution is 2.35. The predicted molar refractivity (Wildman–Crippen MR) is 119 cm³/mol. The van der Waals surface area contributed by atoms with Crippen LogP contribution < -0.4 is 21.7 Å². The third-order valence-corrected chi connectivity index (χ3v) is 6.06. The summed E-state index contributed by atoms with van der Waals surface area (Å²) in [5, 5.41) is 4.41. The van der Waals surface area contributed by atoms with E-state index in [4.69, 9.17) is 23.1 Å². The van der Waals surface area contributed by atoms with Gasteiger partial charge in [-0.1, -0.05) is 41.1 Å². The number of amides is 1. The second-order valence-electron chi connectivity index (χ2n) is 6.91. The number of anilines is 3. The molecule has 0 radical (unpaired) electrons. The van der Waals surface area contributed by atoms with Crippen molar-refractivity contribution in [1.29, 1.82) is 0 Å². The second-order valence-corrected chi connectivity index (χ2v) is 8.34. The molecule has 3 heterocycles. The summed E-state index contributed by atoms with van der Waals surface area (Å²) in [5.41, 5.74) is 14.6. The van der Waals surface area contributed by atoms with Gasteiger partial charge in [0.05, 0.1) is 22.6 Å². The van der Waals surface area contributed by atoms with Crippen molar-refractivity contribution < 1.29 is 4.79 Å². The minimum atomic E-state index is -0.382. The number of aromatic nitrogens is 2. The molecule has 1 atom stereocenters. The Kier molecular flexibility index (Phi) is 5.66. The molecule has 0 spiro atoms. The highest BCUT2D eigenvalue weighted by Gasteiger charge is 2.22. The van der Waals surface area contributed by atoms with E-state index in [1.54, 1.807) is 18.5 Å². The van der Waals surface area contributed by atoms with Gasteiger partial charge in [0.2, 0.25) is 0 Å². The van der Waals surface area contributed by atoms with Gasteiger partial charge in [-0.2, -0.15) is 0 Å². The van der Waals surface area contributed by atoms with Gasteiger partial charge in [0.25, 0.3) is 5.91 Å². The highest BCUT2D eigenvalue weighted by atomic mass is 35.5. The number of hydrogen-bond donors (Lipinski definition) is 3. The van der Waals surface area contributed by atoms with Gasteiger partial charge in [-0.3, -0.25) is 9.78 Å². The van der Waals surface area contributed by atoms with Crippen LogP contribution in [0.3, 0.4) is 0 Å². The summed E-state index contributed by atoms with van der Waals surface area (Å²) in [6.45, 7) is 1.62. The van der Waals surface area contributed by atoms with Crippen LogP contribution in [0.2, 0.25) is 5.02 Å². The number of nitrogen functional groups attached to an aromatic ring is 1. The molecule has 9 heteroatoms. The van der Waals surface area contributed by atoms with Crippen LogP contribution in [0.15, 0.2) is 42.7 Å². The van der Waals surface area contributed by atoms with Crippen LogP contribution in [-0.4, -0.2) is 35.0 Å². The quantitative estimate of drug-likeness (QED) is 0.585. The third-order valence-electron chi connectivity index (χ3n) is 4.82. The molecular weight excluding hydrogens is 408 g/mol. The fourth-order valence-electron chi connectivity index (χ4n) is 3.41. The fourth-order valence-corrected chi connectivity index (χ4v) is 4.56. The SMILES string of the molecule is Nc1sc(-c2ccccc2Cl)nc1C(=O)Nc1cnccc1N1CCC[C@H](N)C1. The molecule has 0 aliphatic carbocycles. The Labute approximate surface area is 177 Å². The number of carbonyl (C=O) groups excluding carboxylic acids is 1. The lowest BCUT2D eigenvalue weighted by Crippen LogP contribution is -2.43. The van der Waals surface area contributed by atoms with Gasteiger partial charge in [0, 0.05) is 30.9 Å². The number of hydrogen-bond acceptors (Lipinski definition) is 7. The van der Waals surface area contributed by atoms with Crippen molar-refractivity contribution in [2.45, 2.75) is 18.9 Å². The van der Waals surface area contributed by atoms with E-state index in [0.29, 0.717) is 20.7 Å². The first-order valence-electron chi connectivity index (χ1n) is 9.30. The molecule has 1 aromatic carbocycles. The lowest BCUT2D eigenvalue weighted by Gasteiger charge is -2.33. The van der Waals surface area contributed by atoms with Crippen molar-refractivity contribution in [3.63, 3.8) is 0 Å². The van der Waals surface area contributed by atoms with Crippen molar-refractivity contribution in [2.75, 3.05) is 29.0 Å². The third kappa shape index (κ3) is 4.19. The fraction of sp³-hybridized carbons (Fsp3) is 0.250. The van der Waals surface area contributed by atoms with E-state index >= 15 is 0 Å². The number of nitrogens with zero attached hydrogens (tertiary/aromatic N) is 3. The normalized spacial score (nSPS) is 16.6. The molecular formula is C20H21ClN6OS. The van der Waals surface area contributed by atoms with Crippen LogP contribution in [0, 0.1) is 0 Å². The van der Waals surface area contributed by atoms with Crippen molar-refractivity contribution in [1.82, 2.24) is 9.97 Å². The Hall–Kier alpha value is -2.68. The molecule has 0 saturated carbocycles. The number of rotatable bonds is 4. The van der Waals surface area contributed by atoms with Gasteiger partial charge in [-0.05, 0) is 25.0 Å². The van der Waals surface area contributed by atoms with Gasteiger partial charge in [0.15, 0.2) is 5.69 Å². The van der Waals surface area contributed by atoms with Gasteiger partial charge in [-0.25, -0.2) is 4.98 Å². The largest absolute Gasteiger partial charge is 0.389 e. The van der Waals surface area contributed by atoms with Crippen LogP contribution in [-0.2, 0) is 0 Å². The first kappa shape index (κ1) is 19.6. The predicted octanol–water partition coefficient (Wildman–Crippen LogP) is 3.62. The van der Waals surface area contributed by atoms with Crippen LogP contribution in [0.25, 0.3) is 10.6 Å². The standard InChI is InChI=1S/C20H21ClN6OS/c21-14-6-2-1-5-13(14)20-26-17(18(23)29-20)19(28)25-15-10-24-8-7-16(15)27-9-3-4-12(22)11-27/h1-2,5-8,10,12H,3-4,9,11,22-23H2,(H,25,28)/t12-/m0/s1. The van der Waals surface area contributed by atoms with E-state index < -0.39 is 0 Å². The Morgan fingerprint density at radius 3 is 2.93 bits per heavy atom. The Bertz CT molecular complexity index is 1040. The minimum absolute atomic E-state index is 0.118. The lowest BCUT2D eigenvalue weighted by atomic mass is 10.1. The average molecular weight is 429 g/mol. The maximum atomic E-state index is 12.9. The molecule has 0 bridgehead atoms. The first-order chi connectivity index (χ1) is 14.0. The number of halogens is 1. The lowest BCUT2D eigenvalue weighted by molar-refractivity contribution is 0.102. The van der Waals surface area contributed by atoms with Crippen LogP contribution in [0.4, 0.5) is 16.4 Å². The summed E-state index contributed by atoms with van der Waals surface area (Å²) in [4.78, 5) is 23.7. The number of benzene rings is 1. The summed E-state index contributed by atoms with van der Waals surface area (Å²) >= 11 is 7.48. The van der Waals surface area contributed by atoms with Gasteiger partial charge in [-0.15, -0.1) is 0 Å². The summed E-state index contributed by atoms with van der Waals surface area (Å²) in [6, 6.07) is 9.33. The molecule has 29 heavy (non-hydrogen) atoms. The molecule has 1 fully saturated rings. The van der Waals surface area contributed by atoms with Crippen molar-refractivity contribution in [3.05, 3.63) is 53.4 Å². The molecule has 7 nitrogen and oxygen atoms in total. The summed E-state index contributed by atoms with van der Waals surface area (Å²) < 4.78 is 0. The van der Waals surface area contributed by atoms with E-state index in [1.807, 2.05) is 24.3 Å². The second kappa shape index (κ2) is 8.36. The smallest absolute Gasteiger partial charge is 0.277 e. The van der Waals surface area contributed by atoms with E-state index in [-0.39, 0.29) is 17.6 Å². The average Bonchev–Trinajstić information content (AvgIpc) is 3.10. The Balaban J connectivity index is 1.59. The van der Waals surface area contributed by atoms with E-state index in [9.17, 15) is 4.79 Å². The van der Waals surface area contributed by atoms with Gasteiger partial charge in [0.1, 0.15) is 10.0 Å². The molecule has 1 saturated heterocycles. The number of piperidine rings is 1.